The number of aryl methyl sites for hydroxylation is 1. The Labute approximate surface area is 126 Å². The lowest BCUT2D eigenvalue weighted by Gasteiger charge is -2.01. The van der Waals surface area contributed by atoms with Crippen LogP contribution in [0.1, 0.15) is 41.1 Å². The van der Waals surface area contributed by atoms with Crippen molar-refractivity contribution in [2.75, 3.05) is 5.32 Å². The third-order valence-electron chi connectivity index (χ3n) is 3.59. The highest BCUT2D eigenvalue weighted by Crippen LogP contribution is 2.24. The predicted molar refractivity (Wildman–Crippen MR) is 75.6 cm³/mol. The molecule has 0 unspecified atom stereocenters. The third-order valence-corrected chi connectivity index (χ3v) is 3.59. The Morgan fingerprint density at radius 1 is 1.32 bits per heavy atom. The second-order valence-corrected chi connectivity index (χ2v) is 5.24. The van der Waals surface area contributed by atoms with E-state index >= 15 is 0 Å². The lowest BCUT2D eigenvalue weighted by atomic mass is 10.1. The fourth-order valence-electron chi connectivity index (χ4n) is 2.57. The first kappa shape index (κ1) is 14.3. The van der Waals surface area contributed by atoms with Crippen LogP contribution in [-0.2, 0) is 24.2 Å². The average molecular weight is 304 g/mol. The minimum atomic E-state index is -0.997. The average Bonchev–Trinajstić information content (AvgIpc) is 2.99. The molecule has 2 aromatic rings. The van der Waals surface area contributed by atoms with Gasteiger partial charge in [-0.3, -0.25) is 14.3 Å². The first-order valence-electron chi connectivity index (χ1n) is 7.17. The van der Waals surface area contributed by atoms with Gasteiger partial charge in [0.15, 0.2) is 11.5 Å². The van der Waals surface area contributed by atoms with E-state index in [0.717, 1.165) is 43.4 Å². The Hall–Kier alpha value is -2.64. The summed E-state index contributed by atoms with van der Waals surface area (Å²) in [5.74, 6) is -0.300. The summed E-state index contributed by atoms with van der Waals surface area (Å²) in [6.45, 7) is -0.255. The van der Waals surface area contributed by atoms with Crippen molar-refractivity contribution in [3.8, 4) is 0 Å². The molecule has 8 nitrogen and oxygen atoms in total. The molecule has 1 amide bonds. The molecule has 2 aromatic heterocycles. The van der Waals surface area contributed by atoms with Crippen molar-refractivity contribution in [2.24, 2.45) is 0 Å². The number of nitrogens with zero attached hydrogens (tertiary/aromatic N) is 3. The first-order valence-corrected chi connectivity index (χ1v) is 7.17. The monoisotopic (exact) mass is 304 g/mol. The fourth-order valence-corrected chi connectivity index (χ4v) is 2.57. The van der Waals surface area contributed by atoms with Crippen LogP contribution in [0.25, 0.3) is 0 Å². The van der Waals surface area contributed by atoms with Crippen molar-refractivity contribution in [1.82, 2.24) is 14.9 Å². The van der Waals surface area contributed by atoms with Crippen LogP contribution in [0.15, 0.2) is 16.8 Å². The molecular formula is C14H16N4O4. The highest BCUT2D eigenvalue weighted by molar-refractivity contribution is 6.03. The smallest absolute Gasteiger partial charge is 0.325 e. The van der Waals surface area contributed by atoms with Crippen LogP contribution >= 0.6 is 0 Å². The van der Waals surface area contributed by atoms with Gasteiger partial charge in [0.05, 0.1) is 0 Å². The van der Waals surface area contributed by atoms with Crippen LogP contribution in [0.4, 0.5) is 5.82 Å². The van der Waals surface area contributed by atoms with Crippen molar-refractivity contribution in [3.63, 3.8) is 0 Å². The van der Waals surface area contributed by atoms with Gasteiger partial charge in [0, 0.05) is 24.2 Å². The van der Waals surface area contributed by atoms with E-state index in [1.165, 1.54) is 10.9 Å². The maximum atomic E-state index is 12.3. The summed E-state index contributed by atoms with van der Waals surface area (Å²) >= 11 is 0. The minimum absolute atomic E-state index is 0.255. The molecule has 3 rings (SSSR count). The van der Waals surface area contributed by atoms with E-state index in [-0.39, 0.29) is 18.3 Å². The Kier molecular flexibility index (Phi) is 3.90. The second kappa shape index (κ2) is 6.00. The van der Waals surface area contributed by atoms with Crippen molar-refractivity contribution >= 4 is 17.7 Å². The van der Waals surface area contributed by atoms with Gasteiger partial charge in [-0.1, -0.05) is 11.6 Å². The molecule has 1 aliphatic rings. The number of aliphatic carboxylic acids is 1. The molecule has 116 valence electrons. The molecule has 2 N–H and O–H groups in total. The number of nitrogens with one attached hydrogen (secondary N) is 1. The van der Waals surface area contributed by atoms with Crippen LogP contribution in [0, 0.1) is 0 Å². The SMILES string of the molecule is O=C(O)Cn1ccc(NC(=O)c2noc3c2CCCCC3)n1. The molecule has 1 aliphatic carbocycles. The van der Waals surface area contributed by atoms with Gasteiger partial charge in [-0.25, -0.2) is 0 Å². The number of fused-ring (bicyclic) bond motifs is 1. The molecule has 22 heavy (non-hydrogen) atoms. The Morgan fingerprint density at radius 3 is 2.95 bits per heavy atom. The van der Waals surface area contributed by atoms with Gasteiger partial charge in [0.1, 0.15) is 12.3 Å². The topological polar surface area (TPSA) is 110 Å². The zero-order valence-electron chi connectivity index (χ0n) is 11.9. The molecule has 0 radical (unpaired) electrons. The van der Waals surface area contributed by atoms with Gasteiger partial charge in [-0.05, 0) is 19.3 Å². The predicted octanol–water partition coefficient (Wildman–Crippen LogP) is 1.48. The number of amides is 1. The number of aromatic nitrogens is 3. The Morgan fingerprint density at radius 2 is 2.14 bits per heavy atom. The van der Waals surface area contributed by atoms with Gasteiger partial charge in [-0.15, -0.1) is 0 Å². The van der Waals surface area contributed by atoms with E-state index in [1.54, 1.807) is 6.07 Å². The molecule has 0 aliphatic heterocycles. The lowest BCUT2D eigenvalue weighted by molar-refractivity contribution is -0.137. The van der Waals surface area contributed by atoms with Crippen LogP contribution in [0.5, 0.6) is 0 Å². The lowest BCUT2D eigenvalue weighted by Crippen LogP contribution is -2.16. The zero-order chi connectivity index (χ0) is 15.5. The number of anilines is 1. The number of carboxylic acid groups (broad SMARTS) is 1. The van der Waals surface area contributed by atoms with Crippen LogP contribution in [0.2, 0.25) is 0 Å². The van der Waals surface area contributed by atoms with Gasteiger partial charge in [0.25, 0.3) is 5.91 Å². The summed E-state index contributed by atoms with van der Waals surface area (Å²) in [5.41, 5.74) is 1.17. The summed E-state index contributed by atoms with van der Waals surface area (Å²) in [7, 11) is 0. The van der Waals surface area contributed by atoms with Crippen LogP contribution < -0.4 is 5.32 Å². The number of hydrogen-bond acceptors (Lipinski definition) is 5. The van der Waals surface area contributed by atoms with Crippen molar-refractivity contribution in [1.29, 1.82) is 0 Å². The van der Waals surface area contributed by atoms with Crippen LogP contribution in [0.3, 0.4) is 0 Å². The number of hydrogen-bond donors (Lipinski definition) is 2. The van der Waals surface area contributed by atoms with E-state index in [2.05, 4.69) is 15.6 Å². The minimum Gasteiger partial charge on any atom is -0.480 e. The molecule has 0 spiro atoms. The quantitative estimate of drug-likeness (QED) is 0.828. The van der Waals surface area contributed by atoms with Crippen molar-refractivity contribution in [2.45, 2.75) is 38.6 Å². The van der Waals surface area contributed by atoms with E-state index in [4.69, 9.17) is 9.63 Å². The van der Waals surface area contributed by atoms with Gasteiger partial charge in [0.2, 0.25) is 0 Å². The highest BCUT2D eigenvalue weighted by Gasteiger charge is 2.23. The summed E-state index contributed by atoms with van der Waals surface area (Å²) in [6, 6.07) is 1.54. The van der Waals surface area contributed by atoms with E-state index < -0.39 is 5.97 Å². The molecule has 0 saturated carbocycles. The molecular weight excluding hydrogens is 288 g/mol. The normalized spacial score (nSPS) is 14.2. The van der Waals surface area contributed by atoms with Gasteiger partial charge in [-0.2, -0.15) is 5.10 Å². The zero-order valence-corrected chi connectivity index (χ0v) is 11.9. The van der Waals surface area contributed by atoms with Crippen molar-refractivity contribution in [3.05, 3.63) is 29.3 Å². The van der Waals surface area contributed by atoms with Gasteiger partial charge >= 0.3 is 5.97 Å². The van der Waals surface area contributed by atoms with Crippen molar-refractivity contribution < 1.29 is 19.2 Å². The molecule has 0 aromatic carbocycles. The maximum Gasteiger partial charge on any atom is 0.325 e. The molecule has 2 heterocycles. The molecule has 0 atom stereocenters. The van der Waals surface area contributed by atoms with Crippen LogP contribution in [-0.4, -0.2) is 31.9 Å². The van der Waals surface area contributed by atoms with E-state index in [9.17, 15) is 9.59 Å². The molecule has 0 bridgehead atoms. The number of carbonyl (C=O) groups is 2. The first-order chi connectivity index (χ1) is 10.6. The maximum absolute atomic E-state index is 12.3. The second-order valence-electron chi connectivity index (χ2n) is 5.24. The summed E-state index contributed by atoms with van der Waals surface area (Å²) in [4.78, 5) is 22.9. The summed E-state index contributed by atoms with van der Waals surface area (Å²) in [6.07, 6.45) is 6.26. The Balaban J connectivity index is 1.73. The summed E-state index contributed by atoms with van der Waals surface area (Å²) in [5, 5.41) is 19.2. The molecule has 0 saturated heterocycles. The third kappa shape index (κ3) is 3.00. The highest BCUT2D eigenvalue weighted by atomic mass is 16.5. The van der Waals surface area contributed by atoms with E-state index in [1.807, 2.05) is 0 Å². The fraction of sp³-hybridized carbons (Fsp3) is 0.429. The number of carbonyl (C=O) groups excluding carboxylic acids is 1. The number of rotatable bonds is 4. The standard InChI is InChI=1S/C14H16N4O4/c19-12(20)8-18-7-6-11(16-18)15-14(21)13-9-4-2-1-3-5-10(9)22-17-13/h6-7H,1-5,8H2,(H,19,20)(H,15,16,21). The summed E-state index contributed by atoms with van der Waals surface area (Å²) < 4.78 is 6.51. The largest absolute Gasteiger partial charge is 0.480 e. The molecule has 0 fully saturated rings. The Bertz CT molecular complexity index is 704. The number of carboxylic acids is 1. The van der Waals surface area contributed by atoms with Gasteiger partial charge < -0.3 is 14.9 Å². The van der Waals surface area contributed by atoms with E-state index in [0.29, 0.717) is 5.69 Å². The molecule has 8 heteroatoms.